The quantitative estimate of drug-likeness (QED) is 0.375. The zero-order chi connectivity index (χ0) is 26.5. The number of halogens is 1. The first-order valence-electron chi connectivity index (χ1n) is 13.6. The molecule has 1 amide bonds. The molecule has 0 spiro atoms. The van der Waals surface area contributed by atoms with Crippen molar-refractivity contribution in [1.29, 1.82) is 0 Å². The summed E-state index contributed by atoms with van der Waals surface area (Å²) in [5, 5.41) is 4.84. The van der Waals surface area contributed by atoms with Gasteiger partial charge in [-0.25, -0.2) is 14.1 Å². The zero-order valence-corrected chi connectivity index (χ0v) is 22.7. The van der Waals surface area contributed by atoms with Crippen molar-refractivity contribution in [1.82, 2.24) is 24.6 Å². The van der Waals surface area contributed by atoms with Crippen LogP contribution in [-0.2, 0) is 4.74 Å². The van der Waals surface area contributed by atoms with Crippen molar-refractivity contribution in [2.75, 3.05) is 57.4 Å². The molecule has 3 saturated heterocycles. The molecule has 1 atom stereocenters. The Kier molecular flexibility index (Phi) is 6.33. The number of amides is 1. The summed E-state index contributed by atoms with van der Waals surface area (Å²) in [4.78, 5) is 25.6. The van der Waals surface area contributed by atoms with Crippen molar-refractivity contribution < 1.29 is 13.9 Å². The summed E-state index contributed by atoms with van der Waals surface area (Å²) in [6.07, 6.45) is 2.11. The van der Waals surface area contributed by atoms with Gasteiger partial charge in [-0.15, -0.1) is 11.3 Å². The number of benzene rings is 1. The number of anilines is 1. The molecule has 0 saturated carbocycles. The number of pyridine rings is 1. The lowest BCUT2D eigenvalue weighted by atomic mass is 10.1. The molecule has 1 aromatic carbocycles. The van der Waals surface area contributed by atoms with Crippen LogP contribution in [0.1, 0.15) is 21.7 Å². The number of carbonyl (C=O) groups is 1. The van der Waals surface area contributed by atoms with Crippen molar-refractivity contribution in [3.63, 3.8) is 0 Å². The second-order valence-corrected chi connectivity index (χ2v) is 11.7. The third kappa shape index (κ3) is 4.70. The Hall–Kier alpha value is -3.34. The Balaban J connectivity index is 1.22. The first-order chi connectivity index (χ1) is 19.0. The van der Waals surface area contributed by atoms with Crippen LogP contribution in [0.3, 0.4) is 0 Å². The minimum Gasteiger partial charge on any atom is -0.378 e. The van der Waals surface area contributed by atoms with E-state index < -0.39 is 6.17 Å². The van der Waals surface area contributed by atoms with Crippen LogP contribution in [0.5, 0.6) is 0 Å². The van der Waals surface area contributed by atoms with Gasteiger partial charge in [-0.2, -0.15) is 5.10 Å². The fraction of sp³-hybridized carbons (Fsp3) is 0.414. The number of hydrogen-bond donors (Lipinski definition) is 0. The molecular weight excluding hydrogens is 515 g/mol. The van der Waals surface area contributed by atoms with Crippen LogP contribution < -0.4 is 4.90 Å². The zero-order valence-electron chi connectivity index (χ0n) is 21.9. The van der Waals surface area contributed by atoms with E-state index in [1.165, 1.54) is 16.9 Å². The minimum absolute atomic E-state index is 0.0353. The number of nitrogens with zero attached hydrogens (tertiary/aromatic N) is 6. The van der Waals surface area contributed by atoms with Gasteiger partial charge in [-0.05, 0) is 31.5 Å². The van der Waals surface area contributed by atoms with E-state index in [9.17, 15) is 9.18 Å². The maximum Gasteiger partial charge on any atom is 0.264 e. The van der Waals surface area contributed by atoms with Crippen LogP contribution in [0.4, 0.5) is 10.1 Å². The molecule has 1 unspecified atom stereocenters. The number of aromatic nitrogens is 3. The molecule has 0 bridgehead atoms. The summed E-state index contributed by atoms with van der Waals surface area (Å²) in [6, 6.07) is 14.6. The maximum atomic E-state index is 13.6. The molecule has 39 heavy (non-hydrogen) atoms. The van der Waals surface area contributed by atoms with Gasteiger partial charge in [0.05, 0.1) is 39.7 Å². The minimum atomic E-state index is -0.723. The first-order valence-corrected chi connectivity index (χ1v) is 14.4. The number of fused-ring (bicyclic) bond motifs is 1. The van der Waals surface area contributed by atoms with E-state index in [0.717, 1.165) is 52.5 Å². The van der Waals surface area contributed by atoms with Gasteiger partial charge in [0, 0.05) is 63.1 Å². The topological polar surface area (TPSA) is 66.7 Å². The smallest absolute Gasteiger partial charge is 0.264 e. The number of ether oxygens (including phenoxy) is 1. The number of morpholine rings is 1. The van der Waals surface area contributed by atoms with E-state index >= 15 is 0 Å². The Bertz CT molecular complexity index is 1520. The molecule has 6 heterocycles. The maximum absolute atomic E-state index is 13.6. The van der Waals surface area contributed by atoms with Crippen LogP contribution in [-0.4, -0.2) is 95.2 Å². The lowest BCUT2D eigenvalue weighted by Crippen LogP contribution is -2.54. The predicted molar refractivity (Wildman–Crippen MR) is 151 cm³/mol. The van der Waals surface area contributed by atoms with Gasteiger partial charge in [-0.1, -0.05) is 23.8 Å². The standard InChI is InChI=1S/C29H31FN6O2S/c1-19-3-2-4-20(13-19)23-6-8-36(32-23)27-15-25(33-9-11-38-12-10-33)28-24(31-27)14-26(39-28)29(37)34-7-5-22(18-34)35-16-21(30)17-35/h2-4,6,8,13-15,21-22H,5,7,9-12,16-18H2,1H3. The number of likely N-dealkylation sites (tertiary alicyclic amines) is 2. The van der Waals surface area contributed by atoms with Crippen molar-refractivity contribution in [3.8, 4) is 17.1 Å². The fourth-order valence-electron chi connectivity index (χ4n) is 5.80. The van der Waals surface area contributed by atoms with Gasteiger partial charge in [-0.3, -0.25) is 9.69 Å². The SMILES string of the molecule is Cc1cccc(-c2ccn(-c3cc(N4CCOCC4)c4sc(C(=O)N5CCC(N6CC(F)C6)C5)cc4n3)n2)c1. The Morgan fingerprint density at radius 2 is 1.92 bits per heavy atom. The second-order valence-electron chi connectivity index (χ2n) is 10.7. The molecule has 4 aromatic rings. The second kappa shape index (κ2) is 10.0. The molecule has 3 aliphatic heterocycles. The van der Waals surface area contributed by atoms with Crippen molar-refractivity contribution in [2.45, 2.75) is 25.6 Å². The van der Waals surface area contributed by atoms with Gasteiger partial charge in [0.2, 0.25) is 0 Å². The highest BCUT2D eigenvalue weighted by atomic mass is 32.1. The Labute approximate surface area is 230 Å². The summed E-state index contributed by atoms with van der Waals surface area (Å²) < 4.78 is 21.8. The third-order valence-corrected chi connectivity index (χ3v) is 9.11. The molecule has 0 N–H and O–H groups in total. The fourth-order valence-corrected chi connectivity index (χ4v) is 6.91. The van der Waals surface area contributed by atoms with Crippen LogP contribution in [0.25, 0.3) is 27.3 Å². The lowest BCUT2D eigenvalue weighted by molar-refractivity contribution is 0.0301. The first kappa shape index (κ1) is 24.7. The summed E-state index contributed by atoms with van der Waals surface area (Å²) in [5.41, 5.74) is 5.00. The summed E-state index contributed by atoms with van der Waals surface area (Å²) >= 11 is 1.51. The lowest BCUT2D eigenvalue weighted by Gasteiger charge is -2.38. The molecule has 3 fully saturated rings. The predicted octanol–water partition coefficient (Wildman–Crippen LogP) is 4.16. The van der Waals surface area contributed by atoms with Crippen molar-refractivity contribution in [2.24, 2.45) is 0 Å². The van der Waals surface area contributed by atoms with Crippen LogP contribution in [0, 0.1) is 6.92 Å². The molecule has 8 nitrogen and oxygen atoms in total. The summed E-state index contributed by atoms with van der Waals surface area (Å²) in [6.45, 7) is 7.32. The van der Waals surface area contributed by atoms with E-state index in [-0.39, 0.29) is 11.9 Å². The number of thiophene rings is 1. The normalized spacial score (nSPS) is 20.6. The van der Waals surface area contributed by atoms with E-state index in [1.54, 1.807) is 0 Å². The summed E-state index contributed by atoms with van der Waals surface area (Å²) in [7, 11) is 0. The number of alkyl halides is 1. The van der Waals surface area contributed by atoms with E-state index in [1.807, 2.05) is 34.0 Å². The van der Waals surface area contributed by atoms with Crippen molar-refractivity contribution >= 4 is 33.1 Å². The van der Waals surface area contributed by atoms with Gasteiger partial charge in [0.15, 0.2) is 5.82 Å². The Morgan fingerprint density at radius 1 is 1.08 bits per heavy atom. The number of rotatable bonds is 5. The average molecular weight is 547 g/mol. The van der Waals surface area contributed by atoms with Gasteiger partial charge in [0.1, 0.15) is 6.17 Å². The van der Waals surface area contributed by atoms with E-state index in [2.05, 4.69) is 41.0 Å². The van der Waals surface area contributed by atoms with Gasteiger partial charge >= 0.3 is 0 Å². The average Bonchev–Trinajstić information content (AvgIpc) is 3.70. The third-order valence-electron chi connectivity index (χ3n) is 7.98. The van der Waals surface area contributed by atoms with Crippen LogP contribution in [0.2, 0.25) is 0 Å². The number of aryl methyl sites for hydroxylation is 1. The largest absolute Gasteiger partial charge is 0.378 e. The van der Waals surface area contributed by atoms with E-state index in [4.69, 9.17) is 14.8 Å². The highest BCUT2D eigenvalue weighted by Gasteiger charge is 2.37. The molecule has 0 aliphatic carbocycles. The highest BCUT2D eigenvalue weighted by Crippen LogP contribution is 2.36. The molecule has 10 heteroatoms. The molecule has 202 valence electrons. The van der Waals surface area contributed by atoms with E-state index in [0.29, 0.717) is 44.3 Å². The molecule has 3 aromatic heterocycles. The highest BCUT2D eigenvalue weighted by molar-refractivity contribution is 7.21. The monoisotopic (exact) mass is 546 g/mol. The molecule has 0 radical (unpaired) electrons. The Morgan fingerprint density at radius 3 is 2.72 bits per heavy atom. The summed E-state index contributed by atoms with van der Waals surface area (Å²) in [5.74, 6) is 0.757. The van der Waals surface area contributed by atoms with Crippen LogP contribution >= 0.6 is 11.3 Å². The van der Waals surface area contributed by atoms with Crippen LogP contribution in [0.15, 0.2) is 48.7 Å². The van der Waals surface area contributed by atoms with Gasteiger partial charge < -0.3 is 14.5 Å². The van der Waals surface area contributed by atoms with Gasteiger partial charge in [0.25, 0.3) is 5.91 Å². The molecule has 7 rings (SSSR count). The number of carbonyl (C=O) groups excluding carboxylic acids is 1. The molecular formula is C29H31FN6O2S. The molecule has 3 aliphatic rings. The van der Waals surface area contributed by atoms with Crippen molar-refractivity contribution in [3.05, 3.63) is 59.1 Å². The number of hydrogen-bond acceptors (Lipinski definition) is 7.